The number of hydrogen-bond acceptors (Lipinski definition) is 9. The van der Waals surface area contributed by atoms with Crippen LogP contribution in [0, 0.1) is 5.82 Å². The molecule has 10 heteroatoms. The molecule has 2 aromatic carbocycles. The Hall–Kier alpha value is -3.08. The van der Waals surface area contributed by atoms with Gasteiger partial charge < -0.3 is 20.0 Å². The number of rotatable bonds is 6. The molecular weight excluding hydrogens is 501 g/mol. The summed E-state index contributed by atoms with van der Waals surface area (Å²) >= 11 is 1.95. The van der Waals surface area contributed by atoms with Crippen LogP contribution in [0.5, 0.6) is 0 Å². The Balaban J connectivity index is 1.17. The third kappa shape index (κ3) is 5.67. The second kappa shape index (κ2) is 11.3. The van der Waals surface area contributed by atoms with E-state index < -0.39 is 0 Å². The topological polar surface area (TPSA) is 60.0 Å². The van der Waals surface area contributed by atoms with Crippen LogP contribution in [0.15, 0.2) is 54.9 Å². The number of halogens is 1. The van der Waals surface area contributed by atoms with E-state index >= 15 is 0 Å². The highest BCUT2D eigenvalue weighted by Crippen LogP contribution is 2.37. The van der Waals surface area contributed by atoms with Crippen molar-refractivity contribution in [3.8, 4) is 0 Å². The fraction of sp³-hybridized carbons (Fsp3) is 0.429. The molecule has 200 valence electrons. The van der Waals surface area contributed by atoms with Gasteiger partial charge in [-0.2, -0.15) is 11.8 Å². The van der Waals surface area contributed by atoms with Gasteiger partial charge in [-0.05, 0) is 55.1 Å². The maximum atomic E-state index is 14.7. The number of benzene rings is 2. The van der Waals surface area contributed by atoms with Crippen molar-refractivity contribution in [2.45, 2.75) is 12.5 Å². The molecule has 1 aromatic heterocycles. The van der Waals surface area contributed by atoms with Crippen LogP contribution in [0.4, 0.5) is 33.1 Å². The second-order valence-electron chi connectivity index (χ2n) is 10.0. The van der Waals surface area contributed by atoms with E-state index in [2.05, 4.69) is 67.4 Å². The van der Waals surface area contributed by atoms with E-state index in [4.69, 9.17) is 4.84 Å². The zero-order valence-corrected chi connectivity index (χ0v) is 22.5. The summed E-state index contributed by atoms with van der Waals surface area (Å²) in [5.41, 5.74) is 4.04. The molecule has 3 aliphatic heterocycles. The predicted molar refractivity (Wildman–Crippen MR) is 153 cm³/mol. The molecule has 1 unspecified atom stereocenters. The lowest BCUT2D eigenvalue weighted by Gasteiger charge is -2.34. The van der Waals surface area contributed by atoms with E-state index in [-0.39, 0.29) is 11.9 Å². The number of aromatic nitrogens is 2. The molecule has 0 saturated carbocycles. The van der Waals surface area contributed by atoms with Crippen LogP contribution in [0.3, 0.4) is 0 Å². The van der Waals surface area contributed by atoms with Crippen molar-refractivity contribution in [2.24, 2.45) is 0 Å². The van der Waals surface area contributed by atoms with Crippen LogP contribution in [0.2, 0.25) is 0 Å². The maximum Gasteiger partial charge on any atom is 0.158 e. The average molecular weight is 536 g/mol. The SMILES string of the molecule is CN1CCN(c2ccc(Nc3cc(N4OCCC4c4cc(F)cc(N5CCSCC5)c4)ncn3)cc2)CC1. The van der Waals surface area contributed by atoms with Crippen molar-refractivity contribution >= 4 is 40.5 Å². The minimum absolute atomic E-state index is 0.116. The Kier molecular flexibility index (Phi) is 7.53. The zero-order chi connectivity index (χ0) is 25.9. The fourth-order valence-electron chi connectivity index (χ4n) is 5.29. The molecule has 0 amide bonds. The summed E-state index contributed by atoms with van der Waals surface area (Å²) in [6, 6.07) is 15.6. The van der Waals surface area contributed by atoms with Crippen molar-refractivity contribution in [1.82, 2.24) is 14.9 Å². The quantitative estimate of drug-likeness (QED) is 0.490. The van der Waals surface area contributed by atoms with Gasteiger partial charge in [-0.1, -0.05) is 0 Å². The summed E-state index contributed by atoms with van der Waals surface area (Å²) < 4.78 is 14.7. The van der Waals surface area contributed by atoms with Crippen molar-refractivity contribution in [2.75, 3.05) is 84.6 Å². The van der Waals surface area contributed by atoms with E-state index in [1.807, 2.05) is 17.8 Å². The first-order chi connectivity index (χ1) is 18.6. The number of anilines is 5. The number of thioether (sulfide) groups is 1. The van der Waals surface area contributed by atoms with E-state index in [1.54, 1.807) is 17.2 Å². The highest BCUT2D eigenvalue weighted by Gasteiger charge is 2.30. The normalized spacial score (nSPS) is 20.7. The summed E-state index contributed by atoms with van der Waals surface area (Å²) in [5.74, 6) is 3.26. The molecule has 0 radical (unpaired) electrons. The molecule has 3 aliphatic rings. The lowest BCUT2D eigenvalue weighted by molar-refractivity contribution is 0.157. The van der Waals surface area contributed by atoms with Crippen molar-refractivity contribution in [1.29, 1.82) is 0 Å². The lowest BCUT2D eigenvalue weighted by Crippen LogP contribution is -2.44. The molecule has 3 fully saturated rings. The Morgan fingerprint density at radius 2 is 1.66 bits per heavy atom. The molecule has 3 aromatic rings. The second-order valence-corrected chi connectivity index (χ2v) is 11.3. The number of likely N-dealkylation sites (N-methyl/N-ethyl adjacent to an activating group) is 1. The largest absolute Gasteiger partial charge is 0.370 e. The van der Waals surface area contributed by atoms with Crippen molar-refractivity contribution < 1.29 is 9.23 Å². The first kappa shape index (κ1) is 25.2. The molecule has 1 N–H and O–H groups in total. The van der Waals surface area contributed by atoms with Crippen molar-refractivity contribution in [3.63, 3.8) is 0 Å². The Labute approximate surface area is 227 Å². The first-order valence-electron chi connectivity index (χ1n) is 13.3. The molecule has 3 saturated heterocycles. The van der Waals surface area contributed by atoms with E-state index in [9.17, 15) is 4.39 Å². The maximum absolute atomic E-state index is 14.7. The minimum Gasteiger partial charge on any atom is -0.370 e. The number of hydrogen-bond donors (Lipinski definition) is 1. The molecule has 6 rings (SSSR count). The van der Waals surface area contributed by atoms with Gasteiger partial charge in [0.05, 0.1) is 12.6 Å². The Bertz CT molecular complexity index is 1230. The molecule has 4 heterocycles. The molecule has 1 atom stereocenters. The number of piperazine rings is 1. The number of nitrogens with zero attached hydrogens (tertiary/aromatic N) is 6. The molecule has 0 aliphatic carbocycles. The predicted octanol–water partition coefficient (Wildman–Crippen LogP) is 4.55. The summed E-state index contributed by atoms with van der Waals surface area (Å²) in [4.78, 5) is 21.9. The fourth-order valence-corrected chi connectivity index (χ4v) is 6.20. The van der Waals surface area contributed by atoms with Gasteiger partial charge in [0.25, 0.3) is 0 Å². The molecule has 0 bridgehead atoms. The lowest BCUT2D eigenvalue weighted by atomic mass is 10.0. The van der Waals surface area contributed by atoms with Gasteiger partial charge in [-0.3, -0.25) is 4.84 Å². The van der Waals surface area contributed by atoms with Gasteiger partial charge in [0.1, 0.15) is 18.0 Å². The van der Waals surface area contributed by atoms with E-state index in [0.29, 0.717) is 18.2 Å². The van der Waals surface area contributed by atoms with Crippen LogP contribution in [0.1, 0.15) is 18.0 Å². The summed E-state index contributed by atoms with van der Waals surface area (Å²) in [5, 5.41) is 5.19. The standard InChI is InChI=1S/C28H34FN7OS/c1-33-7-9-34(10-8-33)24-4-2-23(3-5-24)32-27-19-28(31-20-30-27)36-26(6-13-37-36)21-16-22(29)18-25(17-21)35-11-14-38-15-12-35/h2-5,16-20,26H,6-15H2,1H3,(H,30,31,32). The van der Waals surface area contributed by atoms with Gasteiger partial charge in [-0.15, -0.1) is 0 Å². The molecule has 8 nitrogen and oxygen atoms in total. The molecule has 0 spiro atoms. The highest BCUT2D eigenvalue weighted by atomic mass is 32.2. The van der Waals surface area contributed by atoms with Crippen LogP contribution < -0.4 is 20.2 Å². The third-order valence-corrected chi connectivity index (χ3v) is 8.40. The summed E-state index contributed by atoms with van der Waals surface area (Å²) in [7, 11) is 2.17. The highest BCUT2D eigenvalue weighted by molar-refractivity contribution is 7.99. The third-order valence-electron chi connectivity index (χ3n) is 7.46. The van der Waals surface area contributed by atoms with Crippen LogP contribution in [0.25, 0.3) is 0 Å². The Morgan fingerprint density at radius 1 is 0.895 bits per heavy atom. The number of nitrogens with one attached hydrogen (secondary N) is 1. The van der Waals surface area contributed by atoms with E-state index in [0.717, 1.165) is 74.1 Å². The van der Waals surface area contributed by atoms with Crippen LogP contribution in [-0.4, -0.2) is 79.3 Å². The van der Waals surface area contributed by atoms with Gasteiger partial charge >= 0.3 is 0 Å². The minimum atomic E-state index is -0.215. The Morgan fingerprint density at radius 3 is 2.45 bits per heavy atom. The monoisotopic (exact) mass is 535 g/mol. The summed E-state index contributed by atoms with van der Waals surface area (Å²) in [6.07, 6.45) is 2.30. The van der Waals surface area contributed by atoms with Gasteiger partial charge in [0, 0.05) is 80.3 Å². The van der Waals surface area contributed by atoms with E-state index in [1.165, 1.54) is 12.0 Å². The molecule has 38 heavy (non-hydrogen) atoms. The number of hydroxylamine groups is 1. The first-order valence-corrected chi connectivity index (χ1v) is 14.5. The van der Waals surface area contributed by atoms with Crippen molar-refractivity contribution in [3.05, 3.63) is 66.2 Å². The van der Waals surface area contributed by atoms with Gasteiger partial charge in [0.15, 0.2) is 5.82 Å². The van der Waals surface area contributed by atoms with Gasteiger partial charge in [-0.25, -0.2) is 19.4 Å². The zero-order valence-electron chi connectivity index (χ0n) is 21.7. The van der Waals surface area contributed by atoms with Crippen LogP contribution >= 0.6 is 11.8 Å². The smallest absolute Gasteiger partial charge is 0.158 e. The molecular formula is C28H34FN7OS. The van der Waals surface area contributed by atoms with Gasteiger partial charge in [0.2, 0.25) is 0 Å². The van der Waals surface area contributed by atoms with Crippen LogP contribution in [-0.2, 0) is 4.84 Å². The summed E-state index contributed by atoms with van der Waals surface area (Å²) in [6.45, 7) is 6.68. The average Bonchev–Trinajstić information content (AvgIpc) is 3.45.